The Morgan fingerprint density at radius 1 is 1.06 bits per heavy atom. The van der Waals surface area contributed by atoms with E-state index in [1.54, 1.807) is 53.2 Å². The number of hydrogen-bond acceptors (Lipinski definition) is 4. The summed E-state index contributed by atoms with van der Waals surface area (Å²) in [5.41, 5.74) is 6.03. The summed E-state index contributed by atoms with van der Waals surface area (Å²) in [5.74, 6) is 2.61. The zero-order valence-corrected chi connectivity index (χ0v) is 18.3. The minimum atomic E-state index is -1.67. The maximum Gasteiger partial charge on any atom is 0.285 e. The Morgan fingerprint density at radius 2 is 1.84 bits per heavy atom. The number of imidazole rings is 1. The highest BCUT2D eigenvalue weighted by atomic mass is 28.3. The van der Waals surface area contributed by atoms with Gasteiger partial charge in [0.1, 0.15) is 19.5 Å². The van der Waals surface area contributed by atoms with Crippen LogP contribution in [-0.2, 0) is 0 Å². The van der Waals surface area contributed by atoms with E-state index in [1.807, 2.05) is 0 Å². The van der Waals surface area contributed by atoms with E-state index < -0.39 is 13.0 Å². The summed E-state index contributed by atoms with van der Waals surface area (Å²) in [6.07, 6.45) is 1.67. The molecule has 0 atom stereocenters. The Labute approximate surface area is 179 Å². The summed E-state index contributed by atoms with van der Waals surface area (Å²) >= 11 is 0. The molecule has 0 aliphatic carbocycles. The molecule has 0 bridgehead atoms. The van der Waals surface area contributed by atoms with Crippen molar-refractivity contribution in [2.75, 3.05) is 0 Å². The Balaban J connectivity index is 1.76. The third-order valence-electron chi connectivity index (χ3n) is 4.53. The van der Waals surface area contributed by atoms with Crippen LogP contribution in [0.3, 0.4) is 0 Å². The Bertz CT molecular complexity index is 1380. The molecule has 6 nitrogen and oxygen atoms in total. The highest BCUT2D eigenvalue weighted by Gasteiger charge is 2.17. The van der Waals surface area contributed by atoms with Crippen LogP contribution < -0.4 is 0 Å². The fourth-order valence-corrected chi connectivity index (χ4v) is 3.55. The van der Waals surface area contributed by atoms with Crippen molar-refractivity contribution < 1.29 is 9.31 Å². The van der Waals surface area contributed by atoms with Crippen LogP contribution in [0.1, 0.15) is 5.56 Å². The highest BCUT2D eigenvalue weighted by Crippen LogP contribution is 2.27. The molecular formula is C23H19FN4O2Si. The largest absolute Gasteiger partial charge is 0.285 e. The van der Waals surface area contributed by atoms with Crippen LogP contribution in [0.5, 0.6) is 0 Å². The van der Waals surface area contributed by atoms with Gasteiger partial charge in [0, 0.05) is 17.2 Å². The topological polar surface area (TPSA) is 73.3 Å². The fourth-order valence-electron chi connectivity index (χ4n) is 3.04. The van der Waals surface area contributed by atoms with Crippen LogP contribution >= 0.6 is 0 Å². The van der Waals surface area contributed by atoms with Gasteiger partial charge in [0.05, 0.1) is 22.5 Å². The first-order valence-corrected chi connectivity index (χ1v) is 13.1. The maximum absolute atomic E-state index is 14.1. The zero-order valence-electron chi connectivity index (χ0n) is 17.3. The first kappa shape index (κ1) is 20.4. The van der Waals surface area contributed by atoms with E-state index in [-0.39, 0.29) is 11.5 Å². The lowest BCUT2D eigenvalue weighted by Gasteiger charge is -2.04. The standard InChI is InChI=1S/C23H19FN4O2Si/c1-31(2,3)13-12-16-8-9-17(14-22(16)28(29)30)21-15-27-23(25-21)11-10-20(26-27)18-6-4-5-7-19(18)24/h4-11,14-15H,1-3H3. The van der Waals surface area contributed by atoms with E-state index in [9.17, 15) is 14.5 Å². The first-order chi connectivity index (χ1) is 14.7. The Morgan fingerprint density at radius 3 is 2.55 bits per heavy atom. The lowest BCUT2D eigenvalue weighted by Crippen LogP contribution is -2.16. The minimum absolute atomic E-state index is 0.0553. The quantitative estimate of drug-likeness (QED) is 0.190. The second-order valence-corrected chi connectivity index (χ2v) is 12.9. The Hall–Kier alpha value is -3.83. The van der Waals surface area contributed by atoms with Gasteiger partial charge in [-0.25, -0.2) is 13.9 Å². The molecule has 2 aromatic carbocycles. The van der Waals surface area contributed by atoms with Crippen molar-refractivity contribution >= 4 is 19.4 Å². The van der Waals surface area contributed by atoms with E-state index in [2.05, 4.69) is 41.2 Å². The van der Waals surface area contributed by atoms with Gasteiger partial charge in [-0.05, 0) is 30.3 Å². The molecule has 0 spiro atoms. The normalized spacial score (nSPS) is 11.2. The number of nitro benzene ring substituents is 1. The van der Waals surface area contributed by atoms with Gasteiger partial charge in [-0.15, -0.1) is 5.54 Å². The average Bonchev–Trinajstić information content (AvgIpc) is 3.15. The molecule has 0 aliphatic rings. The van der Waals surface area contributed by atoms with Gasteiger partial charge in [-0.1, -0.05) is 43.8 Å². The van der Waals surface area contributed by atoms with Crippen molar-refractivity contribution in [3.63, 3.8) is 0 Å². The zero-order chi connectivity index (χ0) is 22.2. The summed E-state index contributed by atoms with van der Waals surface area (Å²) in [6.45, 7) is 6.25. The van der Waals surface area contributed by atoms with Crippen LogP contribution in [0, 0.1) is 27.4 Å². The predicted molar refractivity (Wildman–Crippen MR) is 121 cm³/mol. The van der Waals surface area contributed by atoms with E-state index in [0.717, 1.165) is 0 Å². The molecule has 0 saturated heterocycles. The van der Waals surface area contributed by atoms with E-state index >= 15 is 0 Å². The summed E-state index contributed by atoms with van der Waals surface area (Å²) in [5, 5.41) is 16.1. The molecule has 2 heterocycles. The molecule has 0 unspecified atom stereocenters. The summed E-state index contributed by atoms with van der Waals surface area (Å²) in [7, 11) is -1.67. The second-order valence-electron chi connectivity index (χ2n) is 8.12. The van der Waals surface area contributed by atoms with Crippen molar-refractivity contribution in [1.29, 1.82) is 0 Å². The molecule has 4 aromatic rings. The van der Waals surface area contributed by atoms with Gasteiger partial charge >= 0.3 is 0 Å². The molecule has 0 saturated carbocycles. The maximum atomic E-state index is 14.1. The number of halogens is 1. The van der Waals surface area contributed by atoms with Gasteiger partial charge in [0.15, 0.2) is 5.65 Å². The molecule has 0 radical (unpaired) electrons. The molecule has 0 N–H and O–H groups in total. The van der Waals surface area contributed by atoms with E-state index in [1.165, 1.54) is 12.1 Å². The number of fused-ring (bicyclic) bond motifs is 1. The molecule has 4 rings (SSSR count). The van der Waals surface area contributed by atoms with E-state index in [4.69, 9.17) is 0 Å². The van der Waals surface area contributed by atoms with Crippen LogP contribution in [-0.4, -0.2) is 27.6 Å². The van der Waals surface area contributed by atoms with Gasteiger partial charge in [0.2, 0.25) is 0 Å². The van der Waals surface area contributed by atoms with Crippen LogP contribution in [0.15, 0.2) is 60.8 Å². The van der Waals surface area contributed by atoms with Crippen molar-refractivity contribution in [1.82, 2.24) is 14.6 Å². The third-order valence-corrected chi connectivity index (χ3v) is 5.41. The van der Waals surface area contributed by atoms with Crippen molar-refractivity contribution in [2.24, 2.45) is 0 Å². The molecule has 0 aliphatic heterocycles. The minimum Gasteiger partial charge on any atom is -0.258 e. The summed E-state index contributed by atoms with van der Waals surface area (Å²) < 4.78 is 15.6. The SMILES string of the molecule is C[Si](C)(C)C#Cc1ccc(-c2cn3nc(-c4ccccc4F)ccc3n2)cc1[N+](=O)[O-]. The second kappa shape index (κ2) is 7.78. The van der Waals surface area contributed by atoms with Gasteiger partial charge in [-0.3, -0.25) is 10.1 Å². The van der Waals surface area contributed by atoms with Gasteiger partial charge < -0.3 is 0 Å². The number of hydrogen-bond donors (Lipinski definition) is 0. The lowest BCUT2D eigenvalue weighted by atomic mass is 10.1. The van der Waals surface area contributed by atoms with Crippen LogP contribution in [0.25, 0.3) is 28.2 Å². The van der Waals surface area contributed by atoms with Crippen LogP contribution in [0.2, 0.25) is 19.6 Å². The fraction of sp³-hybridized carbons (Fsp3) is 0.130. The molecular weight excluding hydrogens is 411 g/mol. The van der Waals surface area contributed by atoms with Gasteiger partial charge in [-0.2, -0.15) is 5.10 Å². The number of nitrogens with zero attached hydrogens (tertiary/aromatic N) is 4. The molecule has 0 fully saturated rings. The van der Waals surface area contributed by atoms with E-state index in [0.29, 0.717) is 33.7 Å². The number of nitro groups is 1. The molecule has 31 heavy (non-hydrogen) atoms. The molecule has 8 heteroatoms. The Kier molecular flexibility index (Phi) is 5.13. The van der Waals surface area contributed by atoms with Crippen molar-refractivity contribution in [2.45, 2.75) is 19.6 Å². The number of benzene rings is 2. The molecule has 154 valence electrons. The third kappa shape index (κ3) is 4.37. The number of aromatic nitrogens is 3. The van der Waals surface area contributed by atoms with Crippen molar-refractivity contribution in [3.8, 4) is 34.0 Å². The van der Waals surface area contributed by atoms with Gasteiger partial charge in [0.25, 0.3) is 5.69 Å². The highest BCUT2D eigenvalue weighted by molar-refractivity contribution is 6.83. The first-order valence-electron chi connectivity index (χ1n) is 9.65. The lowest BCUT2D eigenvalue weighted by molar-refractivity contribution is -0.385. The monoisotopic (exact) mass is 430 g/mol. The van der Waals surface area contributed by atoms with Crippen molar-refractivity contribution in [3.05, 3.63) is 82.3 Å². The average molecular weight is 431 g/mol. The summed E-state index contributed by atoms with van der Waals surface area (Å²) in [6, 6.07) is 14.7. The molecule has 0 amide bonds. The smallest absolute Gasteiger partial charge is 0.258 e. The molecule has 2 aromatic heterocycles. The number of rotatable bonds is 3. The predicted octanol–water partition coefficient (Wildman–Crippen LogP) is 5.34. The summed E-state index contributed by atoms with van der Waals surface area (Å²) in [4.78, 5) is 15.7. The van der Waals surface area contributed by atoms with Crippen LogP contribution in [0.4, 0.5) is 10.1 Å².